The summed E-state index contributed by atoms with van der Waals surface area (Å²) in [6, 6.07) is 2.33. The monoisotopic (exact) mass is 223 g/mol. The Bertz CT molecular complexity index is 324. The fourth-order valence-electron chi connectivity index (χ4n) is 2.38. The standard InChI is InChI=1S/C12H21N3O/c1-15-10(7-9-14-15)6-8-13-11-4-2-3-5-12(11)16/h7,9,11-13,16H,2-6,8H2,1H3/t11-,12-/m1/s1. The van der Waals surface area contributed by atoms with Gasteiger partial charge in [-0.15, -0.1) is 0 Å². The summed E-state index contributed by atoms with van der Waals surface area (Å²) in [6.07, 6.45) is 7.10. The van der Waals surface area contributed by atoms with Crippen LogP contribution < -0.4 is 5.32 Å². The molecule has 1 heterocycles. The fourth-order valence-corrected chi connectivity index (χ4v) is 2.38. The zero-order chi connectivity index (χ0) is 11.4. The van der Waals surface area contributed by atoms with Crippen molar-refractivity contribution >= 4 is 0 Å². The molecular formula is C12H21N3O. The summed E-state index contributed by atoms with van der Waals surface area (Å²) >= 11 is 0. The molecule has 0 aliphatic heterocycles. The van der Waals surface area contributed by atoms with Crippen molar-refractivity contribution in [3.05, 3.63) is 18.0 Å². The van der Waals surface area contributed by atoms with Crippen LogP contribution in [0.15, 0.2) is 12.3 Å². The number of aromatic nitrogens is 2. The first kappa shape index (κ1) is 11.6. The Kier molecular flexibility index (Phi) is 3.96. The Morgan fingerprint density at radius 2 is 2.31 bits per heavy atom. The molecule has 2 atom stereocenters. The predicted molar refractivity (Wildman–Crippen MR) is 63.2 cm³/mol. The Morgan fingerprint density at radius 3 is 3.00 bits per heavy atom. The first-order valence-corrected chi connectivity index (χ1v) is 6.15. The Hall–Kier alpha value is -0.870. The maximum absolute atomic E-state index is 9.80. The topological polar surface area (TPSA) is 50.1 Å². The average molecular weight is 223 g/mol. The third-order valence-electron chi connectivity index (χ3n) is 3.44. The largest absolute Gasteiger partial charge is 0.392 e. The Balaban J connectivity index is 1.73. The highest BCUT2D eigenvalue weighted by atomic mass is 16.3. The van der Waals surface area contributed by atoms with E-state index < -0.39 is 0 Å². The molecule has 16 heavy (non-hydrogen) atoms. The van der Waals surface area contributed by atoms with Gasteiger partial charge in [-0.05, 0) is 18.9 Å². The fraction of sp³-hybridized carbons (Fsp3) is 0.750. The molecule has 4 heteroatoms. The molecule has 90 valence electrons. The predicted octanol–water partition coefficient (Wildman–Crippen LogP) is 0.856. The number of aliphatic hydroxyl groups excluding tert-OH is 1. The van der Waals surface area contributed by atoms with Crippen LogP contribution in [0.3, 0.4) is 0 Å². The van der Waals surface area contributed by atoms with Crippen molar-refractivity contribution in [2.75, 3.05) is 6.54 Å². The van der Waals surface area contributed by atoms with Gasteiger partial charge in [0, 0.05) is 37.9 Å². The van der Waals surface area contributed by atoms with E-state index in [1.54, 1.807) is 0 Å². The molecule has 1 aliphatic rings. The summed E-state index contributed by atoms with van der Waals surface area (Å²) in [5, 5.41) is 17.4. The lowest BCUT2D eigenvalue weighted by Gasteiger charge is -2.28. The number of aryl methyl sites for hydroxylation is 1. The molecule has 4 nitrogen and oxygen atoms in total. The summed E-state index contributed by atoms with van der Waals surface area (Å²) in [5.41, 5.74) is 1.23. The molecule has 1 aromatic rings. The molecule has 1 fully saturated rings. The van der Waals surface area contributed by atoms with Crippen LogP contribution in [-0.4, -0.2) is 33.6 Å². The van der Waals surface area contributed by atoms with E-state index in [2.05, 4.69) is 10.4 Å². The van der Waals surface area contributed by atoms with Crippen LogP contribution in [0.1, 0.15) is 31.4 Å². The van der Waals surface area contributed by atoms with Gasteiger partial charge >= 0.3 is 0 Å². The van der Waals surface area contributed by atoms with Gasteiger partial charge in [-0.1, -0.05) is 12.8 Å². The minimum absolute atomic E-state index is 0.153. The zero-order valence-corrected chi connectivity index (χ0v) is 9.89. The van der Waals surface area contributed by atoms with Gasteiger partial charge in [0.15, 0.2) is 0 Å². The van der Waals surface area contributed by atoms with Gasteiger partial charge in [0.25, 0.3) is 0 Å². The van der Waals surface area contributed by atoms with Crippen LogP contribution in [0, 0.1) is 0 Å². The minimum Gasteiger partial charge on any atom is -0.392 e. The summed E-state index contributed by atoms with van der Waals surface area (Å²) < 4.78 is 1.90. The van der Waals surface area contributed by atoms with Crippen molar-refractivity contribution < 1.29 is 5.11 Å². The van der Waals surface area contributed by atoms with E-state index in [9.17, 15) is 5.11 Å². The molecule has 0 bridgehead atoms. The molecule has 0 amide bonds. The number of nitrogens with zero attached hydrogens (tertiary/aromatic N) is 2. The van der Waals surface area contributed by atoms with E-state index in [-0.39, 0.29) is 6.10 Å². The van der Waals surface area contributed by atoms with Gasteiger partial charge in [-0.2, -0.15) is 5.10 Å². The molecule has 2 N–H and O–H groups in total. The van der Waals surface area contributed by atoms with Gasteiger partial charge in [0.05, 0.1) is 6.10 Å². The summed E-state index contributed by atoms with van der Waals surface area (Å²) in [5.74, 6) is 0. The second-order valence-corrected chi connectivity index (χ2v) is 4.61. The van der Waals surface area contributed by atoms with E-state index in [1.165, 1.54) is 18.5 Å². The highest BCUT2D eigenvalue weighted by Gasteiger charge is 2.21. The molecule has 1 aliphatic carbocycles. The molecule has 1 aromatic heterocycles. The second-order valence-electron chi connectivity index (χ2n) is 4.61. The Morgan fingerprint density at radius 1 is 1.50 bits per heavy atom. The summed E-state index contributed by atoms with van der Waals surface area (Å²) in [4.78, 5) is 0. The first-order valence-electron chi connectivity index (χ1n) is 6.15. The normalized spacial score (nSPS) is 25.9. The van der Waals surface area contributed by atoms with Gasteiger partial charge in [-0.3, -0.25) is 4.68 Å². The van der Waals surface area contributed by atoms with Crippen LogP contribution in [0.2, 0.25) is 0 Å². The van der Waals surface area contributed by atoms with Gasteiger partial charge < -0.3 is 10.4 Å². The number of rotatable bonds is 4. The zero-order valence-electron chi connectivity index (χ0n) is 9.89. The molecule has 0 unspecified atom stereocenters. The van der Waals surface area contributed by atoms with E-state index in [0.717, 1.165) is 25.8 Å². The average Bonchev–Trinajstić information content (AvgIpc) is 2.67. The summed E-state index contributed by atoms with van der Waals surface area (Å²) in [6.45, 7) is 0.918. The van der Waals surface area contributed by atoms with Crippen LogP contribution in [0.5, 0.6) is 0 Å². The van der Waals surface area contributed by atoms with Crippen LogP contribution in [0.4, 0.5) is 0 Å². The van der Waals surface area contributed by atoms with E-state index in [1.807, 2.05) is 24.0 Å². The van der Waals surface area contributed by atoms with E-state index >= 15 is 0 Å². The maximum atomic E-state index is 9.80. The van der Waals surface area contributed by atoms with Crippen molar-refractivity contribution in [2.45, 2.75) is 44.2 Å². The number of aliphatic hydroxyl groups is 1. The molecule has 0 aromatic carbocycles. The van der Waals surface area contributed by atoms with Crippen molar-refractivity contribution in [3.8, 4) is 0 Å². The van der Waals surface area contributed by atoms with Gasteiger partial charge in [0.1, 0.15) is 0 Å². The van der Waals surface area contributed by atoms with Gasteiger partial charge in [-0.25, -0.2) is 0 Å². The number of hydrogen-bond donors (Lipinski definition) is 2. The maximum Gasteiger partial charge on any atom is 0.0693 e. The van der Waals surface area contributed by atoms with Crippen LogP contribution in [0.25, 0.3) is 0 Å². The minimum atomic E-state index is -0.153. The first-order chi connectivity index (χ1) is 7.77. The molecule has 0 radical (unpaired) electrons. The SMILES string of the molecule is Cn1nccc1CCN[C@@H]1CCCC[C@H]1O. The van der Waals surface area contributed by atoms with Crippen LogP contribution >= 0.6 is 0 Å². The molecule has 1 saturated carbocycles. The lowest BCUT2D eigenvalue weighted by Crippen LogP contribution is -2.42. The Labute approximate surface area is 96.7 Å². The van der Waals surface area contributed by atoms with E-state index in [0.29, 0.717) is 6.04 Å². The third-order valence-corrected chi connectivity index (χ3v) is 3.44. The molecular weight excluding hydrogens is 202 g/mol. The number of hydrogen-bond acceptors (Lipinski definition) is 3. The quantitative estimate of drug-likeness (QED) is 0.796. The van der Waals surface area contributed by atoms with Crippen molar-refractivity contribution in [2.24, 2.45) is 7.05 Å². The van der Waals surface area contributed by atoms with Crippen molar-refractivity contribution in [1.82, 2.24) is 15.1 Å². The van der Waals surface area contributed by atoms with Crippen molar-refractivity contribution in [1.29, 1.82) is 0 Å². The highest BCUT2D eigenvalue weighted by molar-refractivity contribution is 5.00. The lowest BCUT2D eigenvalue weighted by atomic mass is 9.92. The second kappa shape index (κ2) is 5.46. The highest BCUT2D eigenvalue weighted by Crippen LogP contribution is 2.18. The smallest absolute Gasteiger partial charge is 0.0693 e. The third kappa shape index (κ3) is 2.83. The lowest BCUT2D eigenvalue weighted by molar-refractivity contribution is 0.0913. The molecule has 0 saturated heterocycles. The van der Waals surface area contributed by atoms with Gasteiger partial charge in [0.2, 0.25) is 0 Å². The van der Waals surface area contributed by atoms with Crippen molar-refractivity contribution in [3.63, 3.8) is 0 Å². The molecule has 2 rings (SSSR count). The summed E-state index contributed by atoms with van der Waals surface area (Å²) in [7, 11) is 1.96. The number of nitrogens with one attached hydrogen (secondary N) is 1. The van der Waals surface area contributed by atoms with E-state index in [4.69, 9.17) is 0 Å². The molecule has 0 spiro atoms. The van der Waals surface area contributed by atoms with Crippen LogP contribution in [-0.2, 0) is 13.5 Å².